The van der Waals surface area contributed by atoms with Gasteiger partial charge in [0.25, 0.3) is 0 Å². The number of ketones is 1. The maximum atomic E-state index is 12.5. The number of carbonyl (C=O) groups is 1. The van der Waals surface area contributed by atoms with Gasteiger partial charge in [-0.3, -0.25) is 4.79 Å². The number of carbonyl (C=O) groups excluding carboxylic acids is 1. The zero-order chi connectivity index (χ0) is 25.1. The first-order chi connectivity index (χ1) is 15.3. The van der Waals surface area contributed by atoms with E-state index in [2.05, 4.69) is 46.0 Å². The summed E-state index contributed by atoms with van der Waals surface area (Å²) < 4.78 is 44.0. The fraction of sp³-hybridized carbons (Fsp3) is 0.654. The molecule has 188 valence electrons. The highest BCUT2D eigenvalue weighted by Gasteiger charge is 2.39. The van der Waals surface area contributed by atoms with Gasteiger partial charge >= 0.3 is 6.18 Å². The Morgan fingerprint density at radius 3 is 2.39 bits per heavy atom. The highest BCUT2D eigenvalue weighted by atomic mass is 28.4. The maximum absolute atomic E-state index is 12.5. The fourth-order valence-electron chi connectivity index (χ4n) is 3.29. The van der Waals surface area contributed by atoms with Gasteiger partial charge in [0, 0.05) is 18.1 Å². The number of aliphatic hydroxyl groups is 1. The minimum absolute atomic E-state index is 0.00706. The molecule has 0 saturated carbocycles. The Hall–Kier alpha value is -1.44. The first-order valence-corrected chi connectivity index (χ1v) is 14.8. The van der Waals surface area contributed by atoms with Crippen LogP contribution in [0.25, 0.3) is 0 Å². The normalized spacial score (nSPS) is 20.1. The van der Waals surface area contributed by atoms with Crippen LogP contribution >= 0.6 is 0 Å². The molecule has 0 aliphatic heterocycles. The smallest absolute Gasteiger partial charge is 0.392 e. The molecule has 1 aliphatic carbocycles. The Labute approximate surface area is 198 Å². The molecular weight excluding hydrogens is 445 g/mol. The lowest BCUT2D eigenvalue weighted by Crippen LogP contribution is -2.43. The molecule has 0 bridgehead atoms. The number of rotatable bonds is 13. The minimum Gasteiger partial charge on any atom is -0.413 e. The molecule has 0 heterocycles. The Morgan fingerprint density at radius 2 is 1.79 bits per heavy atom. The van der Waals surface area contributed by atoms with Gasteiger partial charge in [0.15, 0.2) is 14.1 Å². The first-order valence-electron chi connectivity index (χ1n) is 11.8. The van der Waals surface area contributed by atoms with Gasteiger partial charge in [-0.15, -0.1) is 0 Å². The standard InChI is InChI=1S/C26H41F3O3Si/c1-25(2,3)33(4,5)32-22(14-10-11-19-26(27,28)29)16-17-23-21(15-18-24(23)31)13-9-7-6-8-12-20-30/h7,9-11,15,17-18,21-22,30H,6,8,12-14,16,19-20H2,1-5H3/b9-7-,11-10-,23-17+/t21-,22-/m0/s1. The van der Waals surface area contributed by atoms with Crippen LogP contribution < -0.4 is 0 Å². The van der Waals surface area contributed by atoms with Crippen molar-refractivity contribution in [3.05, 3.63) is 48.1 Å². The molecule has 7 heteroatoms. The lowest BCUT2D eigenvalue weighted by Gasteiger charge is -2.39. The molecule has 0 amide bonds. The number of unbranched alkanes of at least 4 members (excludes halogenated alkanes) is 2. The van der Waals surface area contributed by atoms with Crippen LogP contribution in [0.5, 0.6) is 0 Å². The van der Waals surface area contributed by atoms with E-state index in [1.165, 1.54) is 0 Å². The predicted octanol–water partition coefficient (Wildman–Crippen LogP) is 7.46. The number of aliphatic hydroxyl groups excluding tert-OH is 1. The SMILES string of the molecule is CC(C)(C)[Si](C)(C)O[C@@H](C/C=C\CC(F)(F)F)C/C=C1/C(=O)C=C[C@@H]1C/C=C\CCCCO. The number of allylic oxidation sites excluding steroid dienone is 6. The number of halogens is 3. The van der Waals surface area contributed by atoms with Crippen molar-refractivity contribution in [2.24, 2.45) is 5.92 Å². The average molecular weight is 487 g/mol. The van der Waals surface area contributed by atoms with Crippen molar-refractivity contribution in [1.82, 2.24) is 0 Å². The van der Waals surface area contributed by atoms with Crippen LogP contribution in [0.2, 0.25) is 18.1 Å². The van der Waals surface area contributed by atoms with Gasteiger partial charge in [0.05, 0.1) is 12.5 Å². The number of hydrogen-bond donors (Lipinski definition) is 1. The summed E-state index contributed by atoms with van der Waals surface area (Å²) in [5, 5.41) is 8.82. The molecule has 1 rings (SSSR count). The van der Waals surface area contributed by atoms with Crippen molar-refractivity contribution >= 4 is 14.1 Å². The topological polar surface area (TPSA) is 46.5 Å². The monoisotopic (exact) mass is 486 g/mol. The van der Waals surface area contributed by atoms with E-state index in [1.54, 1.807) is 12.2 Å². The zero-order valence-corrected chi connectivity index (χ0v) is 21.8. The van der Waals surface area contributed by atoms with E-state index >= 15 is 0 Å². The third-order valence-corrected chi connectivity index (χ3v) is 10.8. The minimum atomic E-state index is -4.21. The van der Waals surface area contributed by atoms with Crippen molar-refractivity contribution in [1.29, 1.82) is 0 Å². The molecule has 0 aromatic carbocycles. The van der Waals surface area contributed by atoms with Crippen molar-refractivity contribution in [2.75, 3.05) is 6.61 Å². The van der Waals surface area contributed by atoms with Gasteiger partial charge in [-0.25, -0.2) is 0 Å². The lowest BCUT2D eigenvalue weighted by molar-refractivity contribution is -0.125. The highest BCUT2D eigenvalue weighted by molar-refractivity contribution is 6.74. The van der Waals surface area contributed by atoms with E-state index in [0.717, 1.165) is 37.3 Å². The van der Waals surface area contributed by atoms with Gasteiger partial charge in [0.1, 0.15) is 0 Å². The summed E-state index contributed by atoms with van der Waals surface area (Å²) in [6.07, 6.45) is 11.1. The van der Waals surface area contributed by atoms with E-state index in [9.17, 15) is 18.0 Å². The molecule has 0 radical (unpaired) electrons. The first kappa shape index (κ1) is 29.6. The molecule has 0 aromatic heterocycles. The van der Waals surface area contributed by atoms with Crippen molar-refractivity contribution < 1.29 is 27.5 Å². The van der Waals surface area contributed by atoms with Crippen molar-refractivity contribution in [2.45, 2.75) is 96.1 Å². The van der Waals surface area contributed by atoms with E-state index in [1.807, 2.05) is 12.2 Å². The summed E-state index contributed by atoms with van der Waals surface area (Å²) >= 11 is 0. The predicted molar refractivity (Wildman–Crippen MR) is 132 cm³/mol. The Kier molecular flexibility index (Phi) is 12.1. The van der Waals surface area contributed by atoms with Crippen molar-refractivity contribution in [3.8, 4) is 0 Å². The van der Waals surface area contributed by atoms with Crippen LogP contribution in [-0.2, 0) is 9.22 Å². The molecular formula is C26H41F3O3Si. The molecule has 2 atom stereocenters. The van der Waals surface area contributed by atoms with E-state index < -0.39 is 20.9 Å². The highest BCUT2D eigenvalue weighted by Crippen LogP contribution is 2.38. The van der Waals surface area contributed by atoms with Gasteiger partial charge in [-0.2, -0.15) is 13.2 Å². The molecule has 0 spiro atoms. The summed E-state index contributed by atoms with van der Waals surface area (Å²) in [4.78, 5) is 12.4. The summed E-state index contributed by atoms with van der Waals surface area (Å²) in [6.45, 7) is 10.8. The maximum Gasteiger partial charge on any atom is 0.392 e. The number of alkyl halides is 3. The van der Waals surface area contributed by atoms with Crippen LogP contribution in [0.1, 0.15) is 65.7 Å². The van der Waals surface area contributed by atoms with Gasteiger partial charge in [-0.1, -0.05) is 57.2 Å². The van der Waals surface area contributed by atoms with Crippen LogP contribution in [0, 0.1) is 5.92 Å². The van der Waals surface area contributed by atoms with Crippen LogP contribution in [-0.4, -0.2) is 38.1 Å². The Balaban J connectivity index is 2.87. The third-order valence-electron chi connectivity index (χ3n) is 6.28. The van der Waals surface area contributed by atoms with Gasteiger partial charge in [-0.05, 0) is 62.7 Å². The van der Waals surface area contributed by atoms with E-state index in [-0.39, 0.29) is 29.5 Å². The Morgan fingerprint density at radius 1 is 1.09 bits per heavy atom. The fourth-order valence-corrected chi connectivity index (χ4v) is 4.67. The summed E-state index contributed by atoms with van der Waals surface area (Å²) in [5.41, 5.74) is 0.734. The van der Waals surface area contributed by atoms with Crippen LogP contribution in [0.15, 0.2) is 48.1 Å². The van der Waals surface area contributed by atoms with Gasteiger partial charge in [0.2, 0.25) is 0 Å². The van der Waals surface area contributed by atoms with E-state index in [4.69, 9.17) is 9.53 Å². The van der Waals surface area contributed by atoms with Gasteiger partial charge < -0.3 is 9.53 Å². The largest absolute Gasteiger partial charge is 0.413 e. The zero-order valence-electron chi connectivity index (χ0n) is 20.8. The summed E-state index contributed by atoms with van der Waals surface area (Å²) in [5.74, 6) is 0.00764. The summed E-state index contributed by atoms with van der Waals surface area (Å²) in [6, 6.07) is 0. The molecule has 33 heavy (non-hydrogen) atoms. The molecule has 1 N–H and O–H groups in total. The van der Waals surface area contributed by atoms with Crippen LogP contribution in [0.3, 0.4) is 0 Å². The van der Waals surface area contributed by atoms with Crippen LogP contribution in [0.4, 0.5) is 13.2 Å². The number of hydrogen-bond acceptors (Lipinski definition) is 3. The molecule has 0 fully saturated rings. The second-order valence-corrected chi connectivity index (χ2v) is 14.9. The molecule has 0 saturated heterocycles. The molecule has 0 unspecified atom stereocenters. The second kappa shape index (κ2) is 13.4. The lowest BCUT2D eigenvalue weighted by atomic mass is 9.96. The second-order valence-electron chi connectivity index (χ2n) is 10.2. The summed E-state index contributed by atoms with van der Waals surface area (Å²) in [7, 11) is -2.13. The third kappa shape index (κ3) is 11.5. The molecule has 3 nitrogen and oxygen atoms in total. The molecule has 0 aromatic rings. The van der Waals surface area contributed by atoms with Crippen molar-refractivity contribution in [3.63, 3.8) is 0 Å². The van der Waals surface area contributed by atoms with E-state index in [0.29, 0.717) is 12.8 Å². The average Bonchev–Trinajstić information content (AvgIpc) is 3.03. The quantitative estimate of drug-likeness (QED) is 0.127. The molecule has 1 aliphatic rings. The Bertz CT molecular complexity index is 728.